The van der Waals surface area contributed by atoms with E-state index in [4.69, 9.17) is 4.74 Å². The first-order chi connectivity index (χ1) is 10.9. The van der Waals surface area contributed by atoms with Crippen LogP contribution in [0.15, 0.2) is 18.3 Å². The first kappa shape index (κ1) is 19.7. The van der Waals surface area contributed by atoms with Crippen molar-refractivity contribution in [2.45, 2.75) is 45.0 Å². The molecule has 0 radical (unpaired) electrons. The van der Waals surface area contributed by atoms with Crippen LogP contribution in [0.5, 0.6) is 0 Å². The van der Waals surface area contributed by atoms with Crippen LogP contribution in [0.25, 0.3) is 0 Å². The lowest BCUT2D eigenvalue weighted by molar-refractivity contribution is -0.143. The Morgan fingerprint density at radius 1 is 1.25 bits per heavy atom. The highest BCUT2D eigenvalue weighted by Gasteiger charge is 2.32. The second-order valence-electron chi connectivity index (χ2n) is 5.98. The minimum atomic E-state index is -4.55. The van der Waals surface area contributed by atoms with Crippen LogP contribution < -0.4 is 5.32 Å². The Kier molecular flexibility index (Phi) is 6.16. The van der Waals surface area contributed by atoms with Crippen LogP contribution in [0.1, 0.15) is 32.0 Å². The van der Waals surface area contributed by atoms with Gasteiger partial charge in [0.1, 0.15) is 17.3 Å². The van der Waals surface area contributed by atoms with Crippen LogP contribution in [0.4, 0.5) is 18.0 Å². The van der Waals surface area contributed by atoms with Gasteiger partial charge in [0.05, 0.1) is 7.11 Å². The smallest absolute Gasteiger partial charge is 0.433 e. The quantitative estimate of drug-likeness (QED) is 0.847. The number of rotatable bonds is 4. The molecule has 1 aromatic rings. The fourth-order valence-corrected chi connectivity index (χ4v) is 1.73. The summed E-state index contributed by atoms with van der Waals surface area (Å²) in [7, 11) is 1.14. The molecule has 1 N–H and O–H groups in total. The zero-order chi connectivity index (χ0) is 18.5. The van der Waals surface area contributed by atoms with Gasteiger partial charge >= 0.3 is 18.2 Å². The molecule has 0 saturated carbocycles. The van der Waals surface area contributed by atoms with Gasteiger partial charge in [-0.25, -0.2) is 9.59 Å². The molecule has 1 atom stereocenters. The first-order valence-corrected chi connectivity index (χ1v) is 7.02. The fourth-order valence-electron chi connectivity index (χ4n) is 1.73. The zero-order valence-corrected chi connectivity index (χ0v) is 13.7. The van der Waals surface area contributed by atoms with E-state index in [0.29, 0.717) is 5.56 Å². The molecule has 0 aliphatic heterocycles. The number of nitrogens with one attached hydrogen (secondary N) is 1. The standard InChI is InChI=1S/C15H19F3N2O4/c1-14(2,3)24-13(22)20-10(12(21)23-4)7-9-5-6-11(19-8-9)15(16,17)18/h5-6,8,10H,7H2,1-4H3,(H,20,22)/t10-/m0/s1. The van der Waals surface area contributed by atoms with Crippen LogP contribution in [0.2, 0.25) is 0 Å². The highest BCUT2D eigenvalue weighted by Crippen LogP contribution is 2.27. The third kappa shape index (κ3) is 6.43. The van der Waals surface area contributed by atoms with E-state index < -0.39 is 35.6 Å². The summed E-state index contributed by atoms with van der Waals surface area (Å²) in [5, 5.41) is 2.33. The lowest BCUT2D eigenvalue weighted by atomic mass is 10.1. The molecule has 6 nitrogen and oxygen atoms in total. The van der Waals surface area contributed by atoms with E-state index in [-0.39, 0.29) is 6.42 Å². The van der Waals surface area contributed by atoms with E-state index in [0.717, 1.165) is 19.4 Å². The molecule has 0 bridgehead atoms. The number of nitrogens with zero attached hydrogens (tertiary/aromatic N) is 1. The largest absolute Gasteiger partial charge is 0.467 e. The summed E-state index contributed by atoms with van der Waals surface area (Å²) in [5.41, 5.74) is -1.48. The Balaban J connectivity index is 2.83. The minimum absolute atomic E-state index is 0.0863. The molecule has 0 saturated heterocycles. The minimum Gasteiger partial charge on any atom is -0.467 e. The number of alkyl halides is 3. The second-order valence-corrected chi connectivity index (χ2v) is 5.98. The molecule has 0 aliphatic rings. The van der Waals surface area contributed by atoms with Gasteiger partial charge in [-0.15, -0.1) is 0 Å². The Morgan fingerprint density at radius 3 is 2.29 bits per heavy atom. The number of alkyl carbamates (subject to hydrolysis) is 1. The van der Waals surface area contributed by atoms with Crippen LogP contribution in [0.3, 0.4) is 0 Å². The Hall–Kier alpha value is -2.32. The summed E-state index contributed by atoms with van der Waals surface area (Å²) in [5.74, 6) is -0.749. The van der Waals surface area contributed by atoms with E-state index in [1.807, 2.05) is 0 Å². The number of aromatic nitrogens is 1. The van der Waals surface area contributed by atoms with Crippen LogP contribution in [-0.4, -0.2) is 35.8 Å². The van der Waals surface area contributed by atoms with Gasteiger partial charge < -0.3 is 14.8 Å². The van der Waals surface area contributed by atoms with Gasteiger partial charge in [0.25, 0.3) is 0 Å². The number of pyridine rings is 1. The van der Waals surface area contributed by atoms with E-state index in [9.17, 15) is 22.8 Å². The van der Waals surface area contributed by atoms with Gasteiger partial charge in [0.2, 0.25) is 0 Å². The molecule has 24 heavy (non-hydrogen) atoms. The van der Waals surface area contributed by atoms with Crippen molar-refractivity contribution in [2.75, 3.05) is 7.11 Å². The highest BCUT2D eigenvalue weighted by molar-refractivity contribution is 5.81. The maximum Gasteiger partial charge on any atom is 0.433 e. The van der Waals surface area contributed by atoms with E-state index >= 15 is 0 Å². The summed E-state index contributed by atoms with van der Waals surface area (Å²) in [6, 6.07) is 0.878. The van der Waals surface area contributed by atoms with Crippen molar-refractivity contribution in [3.8, 4) is 0 Å². The summed E-state index contributed by atoms with van der Waals surface area (Å²) in [6.07, 6.45) is -4.47. The second kappa shape index (κ2) is 7.50. The number of carbonyl (C=O) groups is 2. The van der Waals surface area contributed by atoms with E-state index in [1.165, 1.54) is 6.07 Å². The first-order valence-electron chi connectivity index (χ1n) is 7.02. The fraction of sp³-hybridized carbons (Fsp3) is 0.533. The van der Waals surface area contributed by atoms with Gasteiger partial charge in [0, 0.05) is 12.6 Å². The lowest BCUT2D eigenvalue weighted by Crippen LogP contribution is -2.45. The van der Waals surface area contributed by atoms with Crippen molar-refractivity contribution in [3.63, 3.8) is 0 Å². The lowest BCUT2D eigenvalue weighted by Gasteiger charge is -2.22. The molecule has 1 rings (SSSR count). The number of methoxy groups -OCH3 is 1. The van der Waals surface area contributed by atoms with Crippen molar-refractivity contribution in [2.24, 2.45) is 0 Å². The van der Waals surface area contributed by atoms with Gasteiger partial charge in [-0.1, -0.05) is 6.07 Å². The Bertz CT molecular complexity index is 580. The predicted molar refractivity (Wildman–Crippen MR) is 78.1 cm³/mol. The maximum atomic E-state index is 12.5. The molecule has 0 fully saturated rings. The molecular formula is C15H19F3N2O4. The summed E-state index contributed by atoms with van der Waals surface area (Å²) in [4.78, 5) is 26.8. The van der Waals surface area contributed by atoms with E-state index in [2.05, 4.69) is 15.0 Å². The van der Waals surface area contributed by atoms with Crippen molar-refractivity contribution in [3.05, 3.63) is 29.6 Å². The molecule has 0 aromatic carbocycles. The Labute approximate surface area is 137 Å². The summed E-state index contributed by atoms with van der Waals surface area (Å²) < 4.78 is 47.1. The maximum absolute atomic E-state index is 12.5. The van der Waals surface area contributed by atoms with Crippen molar-refractivity contribution < 1.29 is 32.2 Å². The van der Waals surface area contributed by atoms with Crippen LogP contribution in [0, 0.1) is 0 Å². The van der Waals surface area contributed by atoms with Crippen molar-refractivity contribution in [1.29, 1.82) is 0 Å². The van der Waals surface area contributed by atoms with E-state index in [1.54, 1.807) is 20.8 Å². The molecule has 1 heterocycles. The van der Waals surface area contributed by atoms with Crippen molar-refractivity contribution in [1.82, 2.24) is 10.3 Å². The Morgan fingerprint density at radius 2 is 1.88 bits per heavy atom. The SMILES string of the molecule is COC(=O)[C@H](Cc1ccc(C(F)(F)F)nc1)NC(=O)OC(C)(C)C. The van der Waals surface area contributed by atoms with Gasteiger partial charge in [-0.05, 0) is 32.4 Å². The van der Waals surface area contributed by atoms with Crippen LogP contribution in [-0.2, 0) is 26.9 Å². The average Bonchev–Trinajstić information content (AvgIpc) is 2.43. The third-order valence-corrected chi connectivity index (χ3v) is 2.73. The molecule has 0 unspecified atom stereocenters. The average molecular weight is 348 g/mol. The molecule has 9 heteroatoms. The topological polar surface area (TPSA) is 77.5 Å². The normalized spacial score (nSPS) is 13.1. The number of hydrogen-bond acceptors (Lipinski definition) is 5. The molecule has 0 aliphatic carbocycles. The van der Waals surface area contributed by atoms with Gasteiger partial charge in [0.15, 0.2) is 0 Å². The number of carbonyl (C=O) groups excluding carboxylic acids is 2. The highest BCUT2D eigenvalue weighted by atomic mass is 19.4. The third-order valence-electron chi connectivity index (χ3n) is 2.73. The zero-order valence-electron chi connectivity index (χ0n) is 13.7. The number of ether oxygens (including phenoxy) is 2. The molecule has 1 amide bonds. The monoisotopic (exact) mass is 348 g/mol. The summed E-state index contributed by atoms with van der Waals surface area (Å²) in [6.45, 7) is 4.96. The van der Waals surface area contributed by atoms with Gasteiger partial charge in [-0.2, -0.15) is 13.2 Å². The van der Waals surface area contributed by atoms with Gasteiger partial charge in [-0.3, -0.25) is 4.98 Å². The van der Waals surface area contributed by atoms with Crippen LogP contribution >= 0.6 is 0 Å². The predicted octanol–water partition coefficient (Wildman–Crippen LogP) is 2.71. The number of amides is 1. The molecule has 1 aromatic heterocycles. The summed E-state index contributed by atoms with van der Waals surface area (Å²) >= 11 is 0. The molecule has 0 spiro atoms. The number of esters is 1. The van der Waals surface area contributed by atoms with Crippen molar-refractivity contribution >= 4 is 12.1 Å². The number of halogens is 3. The molecular weight excluding hydrogens is 329 g/mol. The number of hydrogen-bond donors (Lipinski definition) is 1. The molecule has 134 valence electrons.